The Bertz CT molecular complexity index is 941. The van der Waals surface area contributed by atoms with Crippen molar-refractivity contribution in [1.82, 2.24) is 14.9 Å². The van der Waals surface area contributed by atoms with Crippen molar-refractivity contribution in [3.63, 3.8) is 0 Å². The van der Waals surface area contributed by atoms with Gasteiger partial charge in [-0.25, -0.2) is 19.4 Å². The highest BCUT2D eigenvalue weighted by Gasteiger charge is 2.33. The number of carbonyl (C=O) groups is 3. The lowest BCUT2D eigenvalue weighted by Crippen LogP contribution is -2.52. The van der Waals surface area contributed by atoms with E-state index in [0.29, 0.717) is 6.54 Å². The number of hydrogen-bond donors (Lipinski definition) is 1. The lowest BCUT2D eigenvalue weighted by Gasteiger charge is -2.26. The molecule has 0 saturated carbocycles. The van der Waals surface area contributed by atoms with Gasteiger partial charge in [-0.3, -0.25) is 0 Å². The van der Waals surface area contributed by atoms with Crippen LogP contribution in [0.2, 0.25) is 0 Å². The summed E-state index contributed by atoms with van der Waals surface area (Å²) in [5, 5.41) is 2.42. The third-order valence-corrected chi connectivity index (χ3v) is 4.03. The van der Waals surface area contributed by atoms with Crippen LogP contribution in [0.3, 0.4) is 0 Å². The van der Waals surface area contributed by atoms with Gasteiger partial charge in [-0.1, -0.05) is 24.3 Å². The van der Waals surface area contributed by atoms with E-state index in [1.807, 2.05) is 35.0 Å². The van der Waals surface area contributed by atoms with Gasteiger partial charge >= 0.3 is 18.0 Å². The maximum absolute atomic E-state index is 12.2. The predicted octanol–water partition coefficient (Wildman–Crippen LogP) is 3.29. The third kappa shape index (κ3) is 8.63. The molecule has 0 spiro atoms. The number of alkyl carbamates (subject to hydrolysis) is 1. The molecule has 172 valence electrons. The van der Waals surface area contributed by atoms with Crippen molar-refractivity contribution in [3.8, 4) is 0 Å². The average Bonchev–Trinajstić information content (AvgIpc) is 3.18. The van der Waals surface area contributed by atoms with E-state index in [1.165, 1.54) is 19.9 Å². The van der Waals surface area contributed by atoms with Crippen molar-refractivity contribution in [2.24, 2.45) is 0 Å². The summed E-state index contributed by atoms with van der Waals surface area (Å²) < 4.78 is 16.9. The van der Waals surface area contributed by atoms with E-state index in [4.69, 9.17) is 14.2 Å². The standard InChI is InChI=1S/C23H29N3O6/c1-22(2,3)32-21(29)25-23(4,5)20(28)31-16-30-19(27)11-10-17-6-8-18(9-7-17)14-26-13-12-24-15-26/h6-13,15H,14,16H2,1-5H3,(H,25,29)/b11-10+. The molecule has 1 amide bonds. The number of ether oxygens (including phenoxy) is 3. The number of benzene rings is 1. The van der Waals surface area contributed by atoms with Gasteiger partial charge in [0.15, 0.2) is 0 Å². The molecular weight excluding hydrogens is 414 g/mol. The Labute approximate surface area is 187 Å². The molecule has 1 aromatic heterocycles. The summed E-state index contributed by atoms with van der Waals surface area (Å²) in [7, 11) is 0. The summed E-state index contributed by atoms with van der Waals surface area (Å²) in [5.41, 5.74) is -0.150. The summed E-state index contributed by atoms with van der Waals surface area (Å²) in [6.45, 7) is 8.17. The van der Waals surface area contributed by atoms with Crippen LogP contribution in [0.1, 0.15) is 45.7 Å². The Morgan fingerprint density at radius 2 is 1.75 bits per heavy atom. The van der Waals surface area contributed by atoms with Crippen molar-refractivity contribution in [2.75, 3.05) is 6.79 Å². The molecule has 0 aliphatic heterocycles. The summed E-state index contributed by atoms with van der Waals surface area (Å²) in [4.78, 5) is 39.9. The fraction of sp³-hybridized carbons (Fsp3) is 0.391. The van der Waals surface area contributed by atoms with Crippen LogP contribution in [0, 0.1) is 0 Å². The second kappa shape index (κ2) is 10.6. The molecule has 0 radical (unpaired) electrons. The van der Waals surface area contributed by atoms with Crippen LogP contribution in [0.15, 0.2) is 49.1 Å². The van der Waals surface area contributed by atoms with E-state index in [1.54, 1.807) is 39.4 Å². The first-order valence-electron chi connectivity index (χ1n) is 10.0. The van der Waals surface area contributed by atoms with Crippen LogP contribution in [-0.4, -0.2) is 45.5 Å². The monoisotopic (exact) mass is 443 g/mol. The zero-order valence-electron chi connectivity index (χ0n) is 19.0. The van der Waals surface area contributed by atoms with Gasteiger partial charge in [0.05, 0.1) is 6.33 Å². The summed E-state index contributed by atoms with van der Waals surface area (Å²) in [5.74, 6) is -1.44. The number of esters is 2. The molecule has 32 heavy (non-hydrogen) atoms. The van der Waals surface area contributed by atoms with Crippen LogP contribution in [0.5, 0.6) is 0 Å². The highest BCUT2D eigenvalue weighted by atomic mass is 16.7. The number of aromatic nitrogens is 2. The molecule has 2 rings (SSSR count). The molecule has 2 aromatic rings. The summed E-state index contributed by atoms with van der Waals surface area (Å²) in [6.07, 6.45) is 7.42. The first kappa shape index (κ1) is 24.6. The molecule has 9 nitrogen and oxygen atoms in total. The molecule has 0 aliphatic carbocycles. The Morgan fingerprint density at radius 1 is 1.06 bits per heavy atom. The molecule has 1 heterocycles. The van der Waals surface area contributed by atoms with Gasteiger partial charge in [-0.15, -0.1) is 0 Å². The van der Waals surface area contributed by atoms with E-state index >= 15 is 0 Å². The van der Waals surface area contributed by atoms with Crippen LogP contribution >= 0.6 is 0 Å². The minimum Gasteiger partial charge on any atom is -0.444 e. The van der Waals surface area contributed by atoms with E-state index < -0.39 is 36.0 Å². The van der Waals surface area contributed by atoms with Crippen LogP contribution in [0.4, 0.5) is 4.79 Å². The van der Waals surface area contributed by atoms with Gasteiger partial charge in [-0.2, -0.15) is 0 Å². The molecule has 0 atom stereocenters. The number of hydrogen-bond acceptors (Lipinski definition) is 7. The highest BCUT2D eigenvalue weighted by molar-refractivity contribution is 5.87. The number of rotatable bonds is 8. The fourth-order valence-corrected chi connectivity index (χ4v) is 2.47. The molecule has 0 fully saturated rings. The Morgan fingerprint density at radius 3 is 2.34 bits per heavy atom. The van der Waals surface area contributed by atoms with E-state index in [2.05, 4.69) is 10.3 Å². The quantitative estimate of drug-likeness (QED) is 0.379. The fourth-order valence-electron chi connectivity index (χ4n) is 2.47. The maximum atomic E-state index is 12.2. The van der Waals surface area contributed by atoms with Crippen LogP contribution in [0.25, 0.3) is 6.08 Å². The van der Waals surface area contributed by atoms with Crippen molar-refractivity contribution < 1.29 is 28.6 Å². The number of carbonyl (C=O) groups excluding carboxylic acids is 3. The van der Waals surface area contributed by atoms with Crippen molar-refractivity contribution in [1.29, 1.82) is 0 Å². The molecule has 9 heteroatoms. The summed E-state index contributed by atoms with van der Waals surface area (Å²) >= 11 is 0. The Balaban J connectivity index is 1.75. The second-order valence-electron chi connectivity index (χ2n) is 8.57. The van der Waals surface area contributed by atoms with Crippen LogP contribution in [-0.2, 0) is 30.3 Å². The lowest BCUT2D eigenvalue weighted by atomic mass is 10.1. The van der Waals surface area contributed by atoms with E-state index in [9.17, 15) is 14.4 Å². The van der Waals surface area contributed by atoms with Crippen molar-refractivity contribution in [3.05, 3.63) is 60.2 Å². The van der Waals surface area contributed by atoms with Gasteiger partial charge in [0, 0.05) is 25.0 Å². The third-order valence-electron chi connectivity index (χ3n) is 4.03. The lowest BCUT2D eigenvalue weighted by molar-refractivity contribution is -0.168. The molecule has 1 N–H and O–H groups in total. The van der Waals surface area contributed by atoms with Gasteiger partial charge in [0.2, 0.25) is 6.79 Å². The van der Waals surface area contributed by atoms with Crippen molar-refractivity contribution >= 4 is 24.1 Å². The number of nitrogens with one attached hydrogen (secondary N) is 1. The van der Waals surface area contributed by atoms with Crippen LogP contribution < -0.4 is 5.32 Å². The number of amides is 1. The zero-order valence-corrected chi connectivity index (χ0v) is 19.0. The minimum atomic E-state index is -1.36. The van der Waals surface area contributed by atoms with Gasteiger partial charge < -0.3 is 24.1 Å². The largest absolute Gasteiger partial charge is 0.444 e. The second-order valence-corrected chi connectivity index (χ2v) is 8.57. The maximum Gasteiger partial charge on any atom is 0.408 e. The molecular formula is C23H29N3O6. The molecule has 1 aromatic carbocycles. The van der Waals surface area contributed by atoms with Crippen molar-refractivity contribution in [2.45, 2.75) is 52.3 Å². The molecule has 0 unspecified atom stereocenters. The molecule has 0 bridgehead atoms. The predicted molar refractivity (Wildman–Crippen MR) is 117 cm³/mol. The van der Waals surface area contributed by atoms with E-state index in [-0.39, 0.29) is 0 Å². The minimum absolute atomic E-state index is 0.578. The smallest absolute Gasteiger partial charge is 0.408 e. The first-order valence-corrected chi connectivity index (χ1v) is 10.0. The van der Waals surface area contributed by atoms with Gasteiger partial charge in [0.25, 0.3) is 0 Å². The molecule has 0 saturated heterocycles. The van der Waals surface area contributed by atoms with Gasteiger partial charge in [0.1, 0.15) is 11.1 Å². The number of imidazole rings is 1. The van der Waals surface area contributed by atoms with Gasteiger partial charge in [-0.05, 0) is 51.8 Å². The normalized spacial score (nSPS) is 11.8. The number of nitrogens with zero attached hydrogens (tertiary/aromatic N) is 2. The zero-order chi connectivity index (χ0) is 23.8. The topological polar surface area (TPSA) is 109 Å². The van der Waals surface area contributed by atoms with E-state index in [0.717, 1.165) is 11.1 Å². The Hall–Kier alpha value is -3.62. The molecule has 0 aliphatic rings. The first-order chi connectivity index (χ1) is 14.9. The Kier molecular flexibility index (Phi) is 8.17. The highest BCUT2D eigenvalue weighted by Crippen LogP contribution is 2.11. The SMILES string of the molecule is CC(C)(C)OC(=O)NC(C)(C)C(=O)OCOC(=O)/C=C/c1ccc(Cn2ccnc2)cc1. The summed E-state index contributed by atoms with van der Waals surface area (Å²) in [6, 6.07) is 7.65. The average molecular weight is 444 g/mol.